The molecule has 0 radical (unpaired) electrons. The van der Waals surface area contributed by atoms with Crippen molar-refractivity contribution in [1.29, 1.82) is 0 Å². The largest absolute Gasteiger partial charge is 0.506 e. The number of rotatable bonds is 4. The van der Waals surface area contributed by atoms with E-state index in [9.17, 15) is 18.1 Å². The third-order valence-electron chi connectivity index (χ3n) is 4.24. The van der Waals surface area contributed by atoms with E-state index in [0.717, 1.165) is 5.56 Å². The lowest BCUT2D eigenvalue weighted by molar-refractivity contribution is 0.476. The first kappa shape index (κ1) is 19.2. The number of aryl methyl sites for hydroxylation is 1. The van der Waals surface area contributed by atoms with Crippen LogP contribution < -0.4 is 0 Å². The number of phenols is 1. The van der Waals surface area contributed by atoms with Gasteiger partial charge in [-0.25, -0.2) is 4.98 Å². The molecule has 0 aliphatic carbocycles. The third kappa shape index (κ3) is 3.88. The molecular formula is C20H15N3O4S2. The maximum atomic E-state index is 11.8. The minimum atomic E-state index is -4.38. The minimum Gasteiger partial charge on any atom is -0.506 e. The molecular weight excluding hydrogens is 410 g/mol. The van der Waals surface area contributed by atoms with Crippen LogP contribution in [0.2, 0.25) is 0 Å². The number of para-hydroxylation sites is 1. The van der Waals surface area contributed by atoms with Crippen molar-refractivity contribution in [3.05, 3.63) is 66.2 Å². The Balaban J connectivity index is 1.68. The van der Waals surface area contributed by atoms with Gasteiger partial charge in [-0.1, -0.05) is 18.2 Å². The lowest BCUT2D eigenvalue weighted by Crippen LogP contribution is -2.01. The molecule has 0 saturated heterocycles. The van der Waals surface area contributed by atoms with Gasteiger partial charge in [-0.3, -0.25) is 4.55 Å². The van der Waals surface area contributed by atoms with E-state index in [1.54, 1.807) is 61.5 Å². The molecule has 0 saturated carbocycles. The van der Waals surface area contributed by atoms with Gasteiger partial charge >= 0.3 is 0 Å². The van der Waals surface area contributed by atoms with E-state index in [2.05, 4.69) is 15.2 Å². The number of hydrogen-bond donors (Lipinski definition) is 2. The zero-order valence-electron chi connectivity index (χ0n) is 15.1. The molecule has 2 N–H and O–H groups in total. The van der Waals surface area contributed by atoms with E-state index in [1.165, 1.54) is 17.4 Å². The Morgan fingerprint density at radius 1 is 0.966 bits per heavy atom. The molecule has 7 nitrogen and oxygen atoms in total. The van der Waals surface area contributed by atoms with Gasteiger partial charge in [0.25, 0.3) is 10.1 Å². The number of hydrogen-bond acceptors (Lipinski definition) is 7. The summed E-state index contributed by atoms with van der Waals surface area (Å²) < 4.78 is 33.7. The van der Waals surface area contributed by atoms with Gasteiger partial charge in [0, 0.05) is 5.56 Å². The fraction of sp³-hybridized carbons (Fsp3) is 0.0500. The second-order valence-corrected chi connectivity index (χ2v) is 8.68. The Hall–Kier alpha value is -3.14. The second kappa shape index (κ2) is 7.36. The van der Waals surface area contributed by atoms with E-state index >= 15 is 0 Å². The summed E-state index contributed by atoms with van der Waals surface area (Å²) in [7, 11) is -4.38. The average molecular weight is 425 g/mol. The van der Waals surface area contributed by atoms with Crippen molar-refractivity contribution in [3.63, 3.8) is 0 Å². The molecule has 4 aromatic rings. The van der Waals surface area contributed by atoms with Crippen molar-refractivity contribution in [1.82, 2.24) is 4.98 Å². The monoisotopic (exact) mass is 425 g/mol. The topological polar surface area (TPSA) is 112 Å². The number of aromatic hydroxyl groups is 1. The predicted molar refractivity (Wildman–Crippen MR) is 112 cm³/mol. The van der Waals surface area contributed by atoms with Crippen LogP contribution in [0.1, 0.15) is 5.56 Å². The van der Waals surface area contributed by atoms with Crippen LogP contribution >= 0.6 is 11.3 Å². The molecule has 9 heteroatoms. The van der Waals surface area contributed by atoms with Crippen LogP contribution in [0.5, 0.6) is 5.75 Å². The normalized spacial score (nSPS) is 12.1. The highest BCUT2D eigenvalue weighted by Gasteiger charge is 2.20. The van der Waals surface area contributed by atoms with Crippen molar-refractivity contribution >= 4 is 43.0 Å². The number of aromatic nitrogens is 1. The van der Waals surface area contributed by atoms with Crippen LogP contribution in [-0.4, -0.2) is 23.1 Å². The first-order valence-corrected chi connectivity index (χ1v) is 10.8. The van der Waals surface area contributed by atoms with Gasteiger partial charge in [0.2, 0.25) is 0 Å². The number of benzene rings is 3. The van der Waals surface area contributed by atoms with Crippen molar-refractivity contribution in [2.75, 3.05) is 0 Å². The van der Waals surface area contributed by atoms with Gasteiger partial charge in [0.15, 0.2) is 0 Å². The number of fused-ring (bicyclic) bond motifs is 1. The molecule has 4 rings (SSSR count). The Bertz CT molecular complexity index is 1340. The molecule has 0 bridgehead atoms. The lowest BCUT2D eigenvalue weighted by Gasteiger charge is -2.02. The predicted octanol–water partition coefficient (Wildman–Crippen LogP) is 5.64. The fourth-order valence-electron chi connectivity index (χ4n) is 2.85. The number of thiazole rings is 1. The van der Waals surface area contributed by atoms with E-state index in [4.69, 9.17) is 0 Å². The first-order valence-electron chi connectivity index (χ1n) is 8.51. The molecule has 1 heterocycles. The standard InChI is InChI=1S/C20H15N3O4S2/c1-12-6-11-17-18(19(12)29(25,26)27)21-20(28-17)13-7-9-14(10-8-13)22-23-15-4-2-3-5-16(15)24/h2-11,24H,1H3,(H,25,26,27)/b23-22+. The average Bonchev–Trinajstić information content (AvgIpc) is 3.10. The van der Waals surface area contributed by atoms with Gasteiger partial charge in [0.1, 0.15) is 26.9 Å². The SMILES string of the molecule is Cc1ccc2sc(-c3ccc(/N=N/c4ccccc4O)cc3)nc2c1S(=O)(=O)O. The van der Waals surface area contributed by atoms with Gasteiger partial charge in [-0.05, 0) is 55.0 Å². The summed E-state index contributed by atoms with van der Waals surface area (Å²) >= 11 is 1.33. The van der Waals surface area contributed by atoms with Gasteiger partial charge in [-0.15, -0.1) is 16.5 Å². The molecule has 29 heavy (non-hydrogen) atoms. The van der Waals surface area contributed by atoms with Gasteiger partial charge < -0.3 is 5.11 Å². The molecule has 146 valence electrons. The van der Waals surface area contributed by atoms with E-state index in [1.807, 2.05) is 0 Å². The summed E-state index contributed by atoms with van der Waals surface area (Å²) in [5.41, 5.74) is 2.45. The molecule has 0 fully saturated rings. The van der Waals surface area contributed by atoms with Crippen LogP contribution in [0, 0.1) is 6.92 Å². The molecule has 0 spiro atoms. The summed E-state index contributed by atoms with van der Waals surface area (Å²) in [4.78, 5) is 4.28. The summed E-state index contributed by atoms with van der Waals surface area (Å²) in [5.74, 6) is 0.0484. The molecule has 0 unspecified atom stereocenters. The van der Waals surface area contributed by atoms with E-state index < -0.39 is 10.1 Å². The van der Waals surface area contributed by atoms with Gasteiger partial charge in [-0.2, -0.15) is 13.5 Å². The maximum absolute atomic E-state index is 11.8. The maximum Gasteiger partial charge on any atom is 0.296 e. The Morgan fingerprint density at radius 2 is 1.69 bits per heavy atom. The molecule has 0 aliphatic heterocycles. The molecule has 1 aromatic heterocycles. The highest BCUT2D eigenvalue weighted by molar-refractivity contribution is 7.86. The lowest BCUT2D eigenvalue weighted by atomic mass is 10.2. The smallest absolute Gasteiger partial charge is 0.296 e. The number of azo groups is 1. The van der Waals surface area contributed by atoms with E-state index in [-0.39, 0.29) is 16.2 Å². The summed E-state index contributed by atoms with van der Waals surface area (Å²) in [6, 6.07) is 17.2. The Morgan fingerprint density at radius 3 is 2.38 bits per heavy atom. The van der Waals surface area contributed by atoms with Crippen LogP contribution in [0.3, 0.4) is 0 Å². The zero-order valence-corrected chi connectivity index (χ0v) is 16.8. The Labute approximate surface area is 170 Å². The molecule has 0 atom stereocenters. The molecule has 0 aliphatic rings. The van der Waals surface area contributed by atoms with Crippen LogP contribution in [0.25, 0.3) is 20.8 Å². The fourth-order valence-corrected chi connectivity index (χ4v) is 4.77. The highest BCUT2D eigenvalue weighted by atomic mass is 32.2. The van der Waals surface area contributed by atoms with Crippen LogP contribution in [0.4, 0.5) is 11.4 Å². The van der Waals surface area contributed by atoms with Crippen LogP contribution in [-0.2, 0) is 10.1 Å². The van der Waals surface area contributed by atoms with Crippen LogP contribution in [0.15, 0.2) is 75.8 Å². The van der Waals surface area contributed by atoms with Crippen molar-refractivity contribution in [2.45, 2.75) is 11.8 Å². The quantitative estimate of drug-likeness (QED) is 0.325. The first-order chi connectivity index (χ1) is 13.8. The number of phenolic OH excluding ortho intramolecular Hbond substituents is 1. The minimum absolute atomic E-state index is 0.0484. The summed E-state index contributed by atoms with van der Waals surface area (Å²) in [6.45, 7) is 1.62. The van der Waals surface area contributed by atoms with Crippen molar-refractivity contribution in [2.24, 2.45) is 10.2 Å². The molecule has 3 aromatic carbocycles. The highest BCUT2D eigenvalue weighted by Crippen LogP contribution is 2.35. The van der Waals surface area contributed by atoms with Crippen molar-refractivity contribution < 1.29 is 18.1 Å². The number of nitrogens with zero attached hydrogens (tertiary/aromatic N) is 3. The molecule has 0 amide bonds. The summed E-state index contributed by atoms with van der Waals surface area (Å²) in [6.07, 6.45) is 0. The Kier molecular flexibility index (Phi) is 4.87. The third-order valence-corrected chi connectivity index (χ3v) is 6.34. The summed E-state index contributed by atoms with van der Waals surface area (Å²) in [5, 5.41) is 18.5. The van der Waals surface area contributed by atoms with Crippen molar-refractivity contribution in [3.8, 4) is 16.3 Å². The van der Waals surface area contributed by atoms with Gasteiger partial charge in [0.05, 0.1) is 10.4 Å². The van der Waals surface area contributed by atoms with E-state index in [0.29, 0.717) is 26.6 Å². The second-order valence-electron chi connectivity index (χ2n) is 6.29. The zero-order chi connectivity index (χ0) is 20.6.